The van der Waals surface area contributed by atoms with Crippen molar-refractivity contribution in [3.8, 4) is 0 Å². The van der Waals surface area contributed by atoms with Gasteiger partial charge < -0.3 is 5.32 Å². The molecule has 0 aliphatic heterocycles. The molecule has 2 aromatic carbocycles. The second-order valence-electron chi connectivity index (χ2n) is 5.30. The summed E-state index contributed by atoms with van der Waals surface area (Å²) in [7, 11) is 0. The first-order valence-corrected chi connectivity index (χ1v) is 8.07. The van der Waals surface area contributed by atoms with Gasteiger partial charge >= 0.3 is 0 Å². The number of carbonyl (C=O) groups is 1. The Labute approximate surface area is 148 Å². The molecule has 0 bridgehead atoms. The molecule has 1 amide bonds. The Hall–Kier alpha value is -2.17. The molecule has 1 N–H and O–H groups in total. The maximum atomic E-state index is 13.2. The minimum atomic E-state index is -0.398. The van der Waals surface area contributed by atoms with Crippen LogP contribution in [0.1, 0.15) is 15.9 Å². The average Bonchev–Trinajstić information content (AvgIpc) is 2.54. The lowest BCUT2D eigenvalue weighted by Crippen LogP contribution is -2.26. The zero-order valence-electron chi connectivity index (χ0n) is 12.5. The van der Waals surface area contributed by atoms with Crippen LogP contribution >= 0.6 is 23.2 Å². The minimum absolute atomic E-state index is 0.0494. The Morgan fingerprint density at radius 3 is 2.75 bits per heavy atom. The minimum Gasteiger partial charge on any atom is -0.352 e. The summed E-state index contributed by atoms with van der Waals surface area (Å²) in [5.41, 5.74) is 1.71. The second kappa shape index (κ2) is 7.16. The number of benzene rings is 2. The van der Waals surface area contributed by atoms with Gasteiger partial charge in [-0.2, -0.15) is 0 Å². The maximum absolute atomic E-state index is 13.2. The van der Waals surface area contributed by atoms with E-state index in [4.69, 9.17) is 23.2 Å². The van der Waals surface area contributed by atoms with E-state index in [0.29, 0.717) is 28.9 Å². The number of aromatic nitrogens is 1. The van der Waals surface area contributed by atoms with Crippen molar-refractivity contribution in [2.45, 2.75) is 6.42 Å². The summed E-state index contributed by atoms with van der Waals surface area (Å²) < 4.78 is 13.2. The molecule has 6 heteroatoms. The molecule has 0 atom stereocenters. The standard InChI is InChI=1S/C18H13Cl2FN2O/c19-13-3-1-2-11(8-13)6-7-22-18(24)15-9-12-4-5-14(21)10-16(12)23-17(15)20/h1-5,8-10H,6-7H2,(H,22,24). The number of pyridine rings is 1. The summed E-state index contributed by atoms with van der Waals surface area (Å²) in [5.74, 6) is -0.717. The Bertz CT molecular complexity index is 915. The number of halogens is 3. The van der Waals surface area contributed by atoms with Gasteiger partial charge in [-0.05, 0) is 42.3 Å². The molecule has 3 rings (SSSR count). The van der Waals surface area contributed by atoms with Crippen LogP contribution in [0, 0.1) is 5.82 Å². The van der Waals surface area contributed by atoms with Crippen LogP contribution in [0.4, 0.5) is 4.39 Å². The molecule has 1 heterocycles. The van der Waals surface area contributed by atoms with Gasteiger partial charge in [0.1, 0.15) is 11.0 Å². The Kier molecular flexibility index (Phi) is 4.97. The molecule has 3 aromatic rings. The number of fused-ring (bicyclic) bond motifs is 1. The van der Waals surface area contributed by atoms with Crippen molar-refractivity contribution >= 4 is 40.0 Å². The Morgan fingerprint density at radius 2 is 1.96 bits per heavy atom. The van der Waals surface area contributed by atoms with E-state index in [-0.39, 0.29) is 16.6 Å². The van der Waals surface area contributed by atoms with E-state index in [1.165, 1.54) is 12.1 Å². The van der Waals surface area contributed by atoms with Crippen molar-refractivity contribution in [1.29, 1.82) is 0 Å². The summed E-state index contributed by atoms with van der Waals surface area (Å²) in [6, 6.07) is 13.2. The van der Waals surface area contributed by atoms with Crippen LogP contribution in [0.3, 0.4) is 0 Å². The van der Waals surface area contributed by atoms with Gasteiger partial charge in [-0.1, -0.05) is 35.3 Å². The van der Waals surface area contributed by atoms with Gasteiger partial charge in [-0.3, -0.25) is 4.79 Å². The highest BCUT2D eigenvalue weighted by Gasteiger charge is 2.13. The first-order valence-electron chi connectivity index (χ1n) is 7.31. The van der Waals surface area contributed by atoms with Crippen molar-refractivity contribution in [2.24, 2.45) is 0 Å². The first-order chi connectivity index (χ1) is 11.5. The molecule has 0 fully saturated rings. The number of nitrogens with zero attached hydrogens (tertiary/aromatic N) is 1. The van der Waals surface area contributed by atoms with E-state index >= 15 is 0 Å². The van der Waals surface area contributed by atoms with Gasteiger partial charge in [0.15, 0.2) is 0 Å². The molecule has 0 saturated heterocycles. The fraction of sp³-hybridized carbons (Fsp3) is 0.111. The van der Waals surface area contributed by atoms with Gasteiger partial charge in [-0.25, -0.2) is 9.37 Å². The SMILES string of the molecule is O=C(NCCc1cccc(Cl)c1)c1cc2ccc(F)cc2nc1Cl. The molecule has 122 valence electrons. The topological polar surface area (TPSA) is 42.0 Å². The predicted molar refractivity (Wildman–Crippen MR) is 94.2 cm³/mol. The van der Waals surface area contributed by atoms with Gasteiger partial charge in [0, 0.05) is 23.0 Å². The Morgan fingerprint density at radius 1 is 1.12 bits per heavy atom. The Balaban J connectivity index is 1.71. The van der Waals surface area contributed by atoms with Crippen LogP contribution in [0.25, 0.3) is 10.9 Å². The van der Waals surface area contributed by atoms with E-state index < -0.39 is 5.82 Å². The van der Waals surface area contributed by atoms with Crippen LogP contribution in [0.2, 0.25) is 10.2 Å². The fourth-order valence-electron chi connectivity index (χ4n) is 2.38. The average molecular weight is 363 g/mol. The highest BCUT2D eigenvalue weighted by atomic mass is 35.5. The molecule has 0 aliphatic rings. The monoisotopic (exact) mass is 362 g/mol. The number of nitrogens with one attached hydrogen (secondary N) is 1. The molecule has 3 nitrogen and oxygen atoms in total. The molecular formula is C18H13Cl2FN2O. The molecule has 24 heavy (non-hydrogen) atoms. The first kappa shape index (κ1) is 16.7. The van der Waals surface area contributed by atoms with Gasteiger partial charge in [-0.15, -0.1) is 0 Å². The lowest BCUT2D eigenvalue weighted by Gasteiger charge is -2.08. The van der Waals surface area contributed by atoms with Gasteiger partial charge in [0.2, 0.25) is 0 Å². The summed E-state index contributed by atoms with van der Waals surface area (Å²) in [5, 5.41) is 4.17. The quantitative estimate of drug-likeness (QED) is 0.686. The number of carbonyl (C=O) groups excluding carboxylic acids is 1. The summed E-state index contributed by atoms with van der Waals surface area (Å²) >= 11 is 12.0. The van der Waals surface area contributed by atoms with E-state index in [0.717, 1.165) is 5.56 Å². The van der Waals surface area contributed by atoms with E-state index in [1.807, 2.05) is 18.2 Å². The predicted octanol–water partition coefficient (Wildman–Crippen LogP) is 4.65. The molecule has 0 spiro atoms. The van der Waals surface area contributed by atoms with Crippen LogP contribution in [-0.2, 0) is 6.42 Å². The number of rotatable bonds is 4. The number of hydrogen-bond acceptors (Lipinski definition) is 2. The number of amides is 1. The van der Waals surface area contributed by atoms with E-state index in [9.17, 15) is 9.18 Å². The van der Waals surface area contributed by atoms with E-state index in [1.54, 1.807) is 18.2 Å². The third-order valence-electron chi connectivity index (χ3n) is 3.57. The highest BCUT2D eigenvalue weighted by Crippen LogP contribution is 2.21. The maximum Gasteiger partial charge on any atom is 0.254 e. The number of hydrogen-bond donors (Lipinski definition) is 1. The van der Waals surface area contributed by atoms with Crippen molar-refractivity contribution in [1.82, 2.24) is 10.3 Å². The van der Waals surface area contributed by atoms with Crippen molar-refractivity contribution < 1.29 is 9.18 Å². The smallest absolute Gasteiger partial charge is 0.254 e. The van der Waals surface area contributed by atoms with Crippen LogP contribution in [0.5, 0.6) is 0 Å². The zero-order chi connectivity index (χ0) is 17.1. The van der Waals surface area contributed by atoms with Gasteiger partial charge in [0.05, 0.1) is 11.1 Å². The second-order valence-corrected chi connectivity index (χ2v) is 6.09. The molecule has 0 aliphatic carbocycles. The molecule has 0 radical (unpaired) electrons. The summed E-state index contributed by atoms with van der Waals surface area (Å²) in [6.07, 6.45) is 0.649. The lowest BCUT2D eigenvalue weighted by atomic mass is 10.1. The zero-order valence-corrected chi connectivity index (χ0v) is 14.0. The molecule has 0 unspecified atom stereocenters. The third-order valence-corrected chi connectivity index (χ3v) is 4.09. The third kappa shape index (κ3) is 3.83. The van der Waals surface area contributed by atoms with Crippen LogP contribution in [0.15, 0.2) is 48.5 Å². The highest BCUT2D eigenvalue weighted by molar-refractivity contribution is 6.33. The summed E-state index contributed by atoms with van der Waals surface area (Å²) in [4.78, 5) is 16.4. The van der Waals surface area contributed by atoms with Crippen molar-refractivity contribution in [3.63, 3.8) is 0 Å². The molecule has 0 saturated carbocycles. The van der Waals surface area contributed by atoms with Crippen molar-refractivity contribution in [3.05, 3.63) is 75.7 Å². The lowest BCUT2D eigenvalue weighted by molar-refractivity contribution is 0.0954. The summed E-state index contributed by atoms with van der Waals surface area (Å²) in [6.45, 7) is 0.441. The fourth-order valence-corrected chi connectivity index (χ4v) is 2.83. The van der Waals surface area contributed by atoms with Crippen molar-refractivity contribution in [2.75, 3.05) is 6.54 Å². The normalized spacial score (nSPS) is 10.8. The molecule has 1 aromatic heterocycles. The largest absolute Gasteiger partial charge is 0.352 e. The molecular weight excluding hydrogens is 350 g/mol. The van der Waals surface area contributed by atoms with E-state index in [2.05, 4.69) is 10.3 Å². The van der Waals surface area contributed by atoms with Gasteiger partial charge in [0.25, 0.3) is 5.91 Å². The van der Waals surface area contributed by atoms with Crippen LogP contribution < -0.4 is 5.32 Å². The van der Waals surface area contributed by atoms with Crippen LogP contribution in [-0.4, -0.2) is 17.4 Å².